The summed E-state index contributed by atoms with van der Waals surface area (Å²) in [5, 5.41) is 11.1. The number of furan rings is 1. The van der Waals surface area contributed by atoms with Gasteiger partial charge in [-0.2, -0.15) is 0 Å². The zero-order valence-corrected chi connectivity index (χ0v) is 19.7. The third-order valence-corrected chi connectivity index (χ3v) is 6.71. The second-order valence-corrected chi connectivity index (χ2v) is 8.80. The van der Waals surface area contributed by atoms with Gasteiger partial charge >= 0.3 is 0 Å². The molecule has 0 bridgehead atoms. The molecule has 4 aromatic rings. The third-order valence-electron chi connectivity index (χ3n) is 5.69. The van der Waals surface area contributed by atoms with Crippen molar-refractivity contribution in [1.29, 1.82) is 0 Å². The number of rotatable bonds is 6. The highest BCUT2D eigenvalue weighted by molar-refractivity contribution is 7.22. The minimum Gasteiger partial charge on any atom is -0.503 e. The van der Waals surface area contributed by atoms with Gasteiger partial charge in [0, 0.05) is 5.56 Å². The molecule has 0 saturated heterocycles. The number of aliphatic hydroxyl groups excluding tert-OH is 1. The third kappa shape index (κ3) is 3.71. The predicted octanol–water partition coefficient (Wildman–Crippen LogP) is 5.14. The number of benzene rings is 2. The van der Waals surface area contributed by atoms with Crippen LogP contribution in [-0.2, 0) is 4.79 Å². The lowest BCUT2D eigenvalue weighted by molar-refractivity contribution is -0.117. The molecule has 1 aliphatic heterocycles. The van der Waals surface area contributed by atoms with Crippen LogP contribution in [0.15, 0.2) is 64.3 Å². The van der Waals surface area contributed by atoms with Gasteiger partial charge in [-0.05, 0) is 55.5 Å². The average molecular weight is 495 g/mol. The molecule has 0 saturated carbocycles. The van der Waals surface area contributed by atoms with Gasteiger partial charge in [0.15, 0.2) is 16.7 Å². The molecular weight excluding hydrogens is 475 g/mol. The van der Waals surface area contributed by atoms with Crippen LogP contribution < -0.4 is 14.4 Å². The number of anilines is 1. The molecule has 8 nitrogen and oxygen atoms in total. The summed E-state index contributed by atoms with van der Waals surface area (Å²) < 4.78 is 30.7. The van der Waals surface area contributed by atoms with Crippen LogP contribution in [0, 0.1) is 12.7 Å². The number of fused-ring (bicyclic) bond motifs is 1. The first-order valence-corrected chi connectivity index (χ1v) is 11.3. The monoisotopic (exact) mass is 494 g/mol. The molecular formula is C25H19FN2O6S. The zero-order valence-electron chi connectivity index (χ0n) is 18.9. The summed E-state index contributed by atoms with van der Waals surface area (Å²) in [6.45, 7) is 1.68. The number of hydrogen-bond acceptors (Lipinski definition) is 8. The van der Waals surface area contributed by atoms with Gasteiger partial charge < -0.3 is 19.0 Å². The van der Waals surface area contributed by atoms with Crippen molar-refractivity contribution in [3.8, 4) is 11.5 Å². The molecule has 2 aromatic carbocycles. The lowest BCUT2D eigenvalue weighted by Gasteiger charge is -2.26. The smallest absolute Gasteiger partial charge is 0.296 e. The van der Waals surface area contributed by atoms with Crippen LogP contribution in [0.3, 0.4) is 0 Å². The molecule has 10 heteroatoms. The van der Waals surface area contributed by atoms with Crippen molar-refractivity contribution >= 4 is 38.4 Å². The van der Waals surface area contributed by atoms with Crippen LogP contribution in [0.2, 0.25) is 0 Å². The predicted molar refractivity (Wildman–Crippen MR) is 127 cm³/mol. The number of halogens is 1. The standard InChI is InChI=1S/C25H19FN2O6S/c1-12-4-8-18(34-12)22(29)20-21(15-11-14(32-2)6-9-17(15)33-3)28(24(31)23(20)30)25-27-16-7-5-13(26)10-19(16)35-25/h4-11,21,30H,1-3H3/t21-/m0/s1. The van der Waals surface area contributed by atoms with Crippen LogP contribution in [0.4, 0.5) is 9.52 Å². The fourth-order valence-electron chi connectivity index (χ4n) is 4.06. The Labute approximate surface area is 202 Å². The number of Topliss-reactive ketones (excluding diaryl/α,β-unsaturated/α-hetero) is 1. The molecule has 0 unspecified atom stereocenters. The van der Waals surface area contributed by atoms with Crippen molar-refractivity contribution < 1.29 is 33.0 Å². The maximum Gasteiger partial charge on any atom is 0.296 e. The number of hydrogen-bond donors (Lipinski definition) is 1. The Morgan fingerprint density at radius 1 is 1.14 bits per heavy atom. The Kier molecular flexibility index (Phi) is 5.52. The molecule has 0 radical (unpaired) electrons. The van der Waals surface area contributed by atoms with Gasteiger partial charge in [0.05, 0.1) is 30.0 Å². The Morgan fingerprint density at radius 3 is 2.63 bits per heavy atom. The van der Waals surface area contributed by atoms with Crippen molar-refractivity contribution in [1.82, 2.24) is 4.98 Å². The molecule has 1 atom stereocenters. The van der Waals surface area contributed by atoms with E-state index in [0.717, 1.165) is 11.3 Å². The maximum atomic E-state index is 13.8. The van der Waals surface area contributed by atoms with Crippen molar-refractivity contribution in [3.05, 3.63) is 82.8 Å². The number of aromatic nitrogens is 1. The van der Waals surface area contributed by atoms with Gasteiger partial charge in [-0.3, -0.25) is 14.5 Å². The van der Waals surface area contributed by atoms with Crippen molar-refractivity contribution in [2.45, 2.75) is 13.0 Å². The van der Waals surface area contributed by atoms with Gasteiger partial charge in [0.2, 0.25) is 5.78 Å². The van der Waals surface area contributed by atoms with E-state index in [1.807, 2.05) is 0 Å². The van der Waals surface area contributed by atoms with E-state index >= 15 is 0 Å². The zero-order chi connectivity index (χ0) is 24.9. The molecule has 35 heavy (non-hydrogen) atoms. The molecule has 3 heterocycles. The Balaban J connectivity index is 1.74. The summed E-state index contributed by atoms with van der Waals surface area (Å²) in [6, 6.07) is 11.0. The number of aliphatic hydroxyl groups is 1. The van der Waals surface area contributed by atoms with E-state index in [-0.39, 0.29) is 16.5 Å². The molecule has 2 aromatic heterocycles. The summed E-state index contributed by atoms with van der Waals surface area (Å²) in [5.41, 5.74) is 0.666. The van der Waals surface area contributed by atoms with Crippen LogP contribution in [0.5, 0.6) is 11.5 Å². The summed E-state index contributed by atoms with van der Waals surface area (Å²) in [4.78, 5) is 32.6. The largest absolute Gasteiger partial charge is 0.503 e. The minimum absolute atomic E-state index is 0.0306. The molecule has 0 aliphatic carbocycles. The van der Waals surface area contributed by atoms with Crippen molar-refractivity contribution in [2.75, 3.05) is 19.1 Å². The summed E-state index contributed by atoms with van der Waals surface area (Å²) in [6.07, 6.45) is 0. The number of nitrogens with zero attached hydrogens (tertiary/aromatic N) is 2. The first kappa shape index (κ1) is 22.6. The Hall–Kier alpha value is -4.18. The quantitative estimate of drug-likeness (QED) is 0.371. The fourth-order valence-corrected chi connectivity index (χ4v) is 5.08. The lowest BCUT2D eigenvalue weighted by Crippen LogP contribution is -2.31. The molecule has 5 rings (SSSR count). The average Bonchev–Trinajstić information content (AvgIpc) is 3.54. The van der Waals surface area contributed by atoms with Crippen LogP contribution in [0.1, 0.15) is 27.9 Å². The first-order valence-electron chi connectivity index (χ1n) is 10.5. The van der Waals surface area contributed by atoms with Crippen molar-refractivity contribution in [2.24, 2.45) is 0 Å². The number of carbonyl (C=O) groups is 2. The number of thiazole rings is 1. The second kappa shape index (κ2) is 8.55. The SMILES string of the molecule is COc1ccc(OC)c([C@H]2C(C(=O)c3ccc(C)o3)=C(O)C(=O)N2c2nc3ccc(F)cc3s2)c1. The lowest BCUT2D eigenvalue weighted by atomic mass is 9.94. The van der Waals surface area contributed by atoms with Crippen LogP contribution in [-0.4, -0.2) is 36.0 Å². The van der Waals surface area contributed by atoms with Gasteiger partial charge in [0.25, 0.3) is 5.91 Å². The Bertz CT molecular complexity index is 1520. The number of methoxy groups -OCH3 is 2. The normalized spacial score (nSPS) is 15.8. The van der Waals surface area contributed by atoms with E-state index in [9.17, 15) is 19.1 Å². The first-order chi connectivity index (χ1) is 16.8. The van der Waals surface area contributed by atoms with Gasteiger partial charge in [-0.25, -0.2) is 9.37 Å². The van der Waals surface area contributed by atoms with Crippen molar-refractivity contribution in [3.63, 3.8) is 0 Å². The number of ketones is 1. The van der Waals surface area contributed by atoms with E-state index in [4.69, 9.17) is 13.9 Å². The Morgan fingerprint density at radius 2 is 1.94 bits per heavy atom. The molecule has 0 spiro atoms. The highest BCUT2D eigenvalue weighted by atomic mass is 32.1. The van der Waals surface area contributed by atoms with Gasteiger partial charge in [0.1, 0.15) is 29.1 Å². The second-order valence-electron chi connectivity index (χ2n) is 7.80. The van der Waals surface area contributed by atoms with Crippen LogP contribution in [0.25, 0.3) is 10.2 Å². The van der Waals surface area contributed by atoms with Gasteiger partial charge in [-0.1, -0.05) is 11.3 Å². The highest BCUT2D eigenvalue weighted by Gasteiger charge is 2.47. The topological polar surface area (TPSA) is 102 Å². The van der Waals surface area contributed by atoms with E-state index in [2.05, 4.69) is 4.98 Å². The minimum atomic E-state index is -1.11. The summed E-state index contributed by atoms with van der Waals surface area (Å²) in [7, 11) is 2.93. The van der Waals surface area contributed by atoms with E-state index in [0.29, 0.717) is 33.0 Å². The molecule has 178 valence electrons. The maximum absolute atomic E-state index is 13.8. The molecule has 1 amide bonds. The fraction of sp³-hybridized carbons (Fsp3) is 0.160. The van der Waals surface area contributed by atoms with Gasteiger partial charge in [-0.15, -0.1) is 0 Å². The van der Waals surface area contributed by atoms with E-state index in [1.165, 1.54) is 43.4 Å². The summed E-state index contributed by atoms with van der Waals surface area (Å²) >= 11 is 1.06. The van der Waals surface area contributed by atoms with Crippen LogP contribution >= 0.6 is 11.3 Å². The van der Waals surface area contributed by atoms with E-state index < -0.39 is 29.3 Å². The summed E-state index contributed by atoms with van der Waals surface area (Å²) in [5.74, 6) is -1.39. The number of ether oxygens (including phenoxy) is 2. The number of carbonyl (C=O) groups excluding carboxylic acids is 2. The molecule has 1 N–H and O–H groups in total. The molecule has 0 fully saturated rings. The molecule has 1 aliphatic rings. The van der Waals surface area contributed by atoms with E-state index in [1.54, 1.807) is 31.2 Å². The number of aryl methyl sites for hydroxylation is 1. The highest BCUT2D eigenvalue weighted by Crippen LogP contribution is 2.47. The number of amides is 1.